The van der Waals surface area contributed by atoms with Crippen LogP contribution < -0.4 is 4.74 Å². The number of hydrogen-bond acceptors (Lipinski definition) is 3. The van der Waals surface area contributed by atoms with Crippen LogP contribution in [0.5, 0.6) is 5.75 Å². The summed E-state index contributed by atoms with van der Waals surface area (Å²) in [6.45, 7) is 1.84. The maximum atomic E-state index is 4.90. The number of nitrogens with zero attached hydrogens (tertiary/aromatic N) is 2. The van der Waals surface area contributed by atoms with Crippen molar-refractivity contribution in [3.05, 3.63) is 18.2 Å². The largest absolute Gasteiger partial charge is 0.493 e. The Balaban J connectivity index is 3.01. The van der Waals surface area contributed by atoms with E-state index in [0.29, 0.717) is 5.75 Å². The first kappa shape index (κ1) is 6.01. The summed E-state index contributed by atoms with van der Waals surface area (Å²) in [5, 5.41) is 0. The minimum absolute atomic E-state index is 0.703. The van der Waals surface area contributed by atoms with Gasteiger partial charge in [-0.05, 0) is 6.92 Å². The SMILES string of the molecule is COc1cn[c]nc1C. The molecule has 0 aromatic carbocycles. The van der Waals surface area contributed by atoms with Gasteiger partial charge in [0, 0.05) is 0 Å². The second-order valence-corrected chi connectivity index (χ2v) is 1.62. The van der Waals surface area contributed by atoms with E-state index in [1.54, 1.807) is 13.3 Å². The van der Waals surface area contributed by atoms with Gasteiger partial charge in [-0.2, -0.15) is 0 Å². The summed E-state index contributed by atoms with van der Waals surface area (Å²) in [6.07, 6.45) is 4.04. The molecule has 3 heteroatoms. The summed E-state index contributed by atoms with van der Waals surface area (Å²) >= 11 is 0. The van der Waals surface area contributed by atoms with E-state index in [2.05, 4.69) is 16.3 Å². The van der Waals surface area contributed by atoms with Gasteiger partial charge in [-0.15, -0.1) is 0 Å². The Morgan fingerprint density at radius 2 is 2.44 bits per heavy atom. The molecular weight excluding hydrogens is 116 g/mol. The lowest BCUT2D eigenvalue weighted by Gasteiger charge is -1.98. The number of rotatable bonds is 1. The van der Waals surface area contributed by atoms with E-state index in [1.807, 2.05) is 6.92 Å². The Morgan fingerprint density at radius 1 is 1.67 bits per heavy atom. The molecule has 1 rings (SSSR count). The first-order valence-corrected chi connectivity index (χ1v) is 2.58. The molecule has 9 heavy (non-hydrogen) atoms. The number of ether oxygens (including phenoxy) is 1. The fraction of sp³-hybridized carbons (Fsp3) is 0.333. The summed E-state index contributed by atoms with van der Waals surface area (Å²) in [5.74, 6) is 0.703. The topological polar surface area (TPSA) is 35.0 Å². The third kappa shape index (κ3) is 1.16. The first-order chi connectivity index (χ1) is 4.34. The third-order valence-electron chi connectivity index (χ3n) is 1.03. The van der Waals surface area contributed by atoms with Crippen molar-refractivity contribution in [3.8, 4) is 5.75 Å². The van der Waals surface area contributed by atoms with Crippen molar-refractivity contribution in [2.75, 3.05) is 7.11 Å². The van der Waals surface area contributed by atoms with Crippen molar-refractivity contribution in [1.29, 1.82) is 0 Å². The minimum atomic E-state index is 0.703. The van der Waals surface area contributed by atoms with Gasteiger partial charge in [0.1, 0.15) is 0 Å². The van der Waals surface area contributed by atoms with Gasteiger partial charge in [-0.1, -0.05) is 0 Å². The van der Waals surface area contributed by atoms with Gasteiger partial charge in [-0.3, -0.25) is 0 Å². The lowest BCUT2D eigenvalue weighted by atomic mass is 10.4. The first-order valence-electron chi connectivity index (χ1n) is 2.58. The van der Waals surface area contributed by atoms with E-state index < -0.39 is 0 Å². The highest BCUT2D eigenvalue weighted by Crippen LogP contribution is 2.09. The van der Waals surface area contributed by atoms with Gasteiger partial charge in [0.25, 0.3) is 0 Å². The zero-order valence-electron chi connectivity index (χ0n) is 5.38. The molecule has 0 unspecified atom stereocenters. The highest BCUT2D eigenvalue weighted by atomic mass is 16.5. The summed E-state index contributed by atoms with van der Waals surface area (Å²) in [7, 11) is 1.59. The minimum Gasteiger partial charge on any atom is -0.493 e. The summed E-state index contributed by atoms with van der Waals surface area (Å²) in [4.78, 5) is 7.44. The number of methoxy groups -OCH3 is 1. The summed E-state index contributed by atoms with van der Waals surface area (Å²) < 4.78 is 4.90. The molecule has 0 atom stereocenters. The molecule has 47 valence electrons. The molecule has 1 aromatic rings. The van der Waals surface area contributed by atoms with Crippen LogP contribution in [0.15, 0.2) is 6.20 Å². The van der Waals surface area contributed by atoms with Gasteiger partial charge in [0.05, 0.1) is 19.0 Å². The van der Waals surface area contributed by atoms with Crippen LogP contribution in [0.3, 0.4) is 0 Å². The van der Waals surface area contributed by atoms with Gasteiger partial charge in [0.15, 0.2) is 12.1 Å². The monoisotopic (exact) mass is 123 g/mol. The predicted octanol–water partition coefficient (Wildman–Crippen LogP) is 0.594. The molecule has 0 spiro atoms. The highest BCUT2D eigenvalue weighted by Gasteiger charge is 1.94. The van der Waals surface area contributed by atoms with Crippen LogP contribution in [0.4, 0.5) is 0 Å². The van der Waals surface area contributed by atoms with Crippen molar-refractivity contribution < 1.29 is 4.74 Å². The van der Waals surface area contributed by atoms with Crippen LogP contribution in [-0.4, -0.2) is 17.1 Å². The molecule has 0 fully saturated rings. The van der Waals surface area contributed by atoms with E-state index in [1.165, 1.54) is 0 Å². The van der Waals surface area contributed by atoms with E-state index >= 15 is 0 Å². The Kier molecular flexibility index (Phi) is 1.63. The molecule has 0 aliphatic rings. The summed E-state index contributed by atoms with van der Waals surface area (Å²) in [5.41, 5.74) is 0.813. The zero-order chi connectivity index (χ0) is 6.69. The number of aryl methyl sites for hydroxylation is 1. The van der Waals surface area contributed by atoms with E-state index in [0.717, 1.165) is 5.69 Å². The average molecular weight is 123 g/mol. The molecule has 0 aliphatic heterocycles. The van der Waals surface area contributed by atoms with Gasteiger partial charge in [0.2, 0.25) is 0 Å². The normalized spacial score (nSPS) is 9.11. The molecule has 1 heterocycles. The third-order valence-corrected chi connectivity index (χ3v) is 1.03. The Labute approximate surface area is 53.7 Å². The average Bonchev–Trinajstić information content (AvgIpc) is 1.89. The summed E-state index contributed by atoms with van der Waals surface area (Å²) in [6, 6.07) is 0. The molecule has 0 saturated heterocycles. The molecule has 3 nitrogen and oxygen atoms in total. The number of hydrogen-bond donors (Lipinski definition) is 0. The van der Waals surface area contributed by atoms with Crippen LogP contribution in [-0.2, 0) is 0 Å². The van der Waals surface area contributed by atoms with E-state index in [9.17, 15) is 0 Å². The van der Waals surface area contributed by atoms with Crippen molar-refractivity contribution in [2.45, 2.75) is 6.92 Å². The zero-order valence-corrected chi connectivity index (χ0v) is 5.38. The molecule has 0 amide bonds. The van der Waals surface area contributed by atoms with Crippen LogP contribution in [0.1, 0.15) is 5.69 Å². The predicted molar refractivity (Wildman–Crippen MR) is 32.2 cm³/mol. The lowest BCUT2D eigenvalue weighted by molar-refractivity contribution is 0.406. The standard InChI is InChI=1S/C6H7N2O/c1-5-6(9-2)3-7-4-8-5/h3H,1-2H3. The molecule has 0 aliphatic carbocycles. The van der Waals surface area contributed by atoms with E-state index in [4.69, 9.17) is 4.74 Å². The lowest BCUT2D eigenvalue weighted by Crippen LogP contribution is -1.90. The fourth-order valence-corrected chi connectivity index (χ4v) is 0.540. The Bertz CT molecular complexity index is 200. The van der Waals surface area contributed by atoms with E-state index in [-0.39, 0.29) is 0 Å². The van der Waals surface area contributed by atoms with Crippen molar-refractivity contribution in [2.24, 2.45) is 0 Å². The Morgan fingerprint density at radius 3 is 2.89 bits per heavy atom. The number of aromatic nitrogens is 2. The molecule has 0 saturated carbocycles. The quantitative estimate of drug-likeness (QED) is 0.548. The van der Waals surface area contributed by atoms with Crippen LogP contribution in [0.25, 0.3) is 0 Å². The van der Waals surface area contributed by atoms with Crippen molar-refractivity contribution in [3.63, 3.8) is 0 Å². The Hall–Kier alpha value is -1.12. The highest BCUT2D eigenvalue weighted by molar-refractivity contribution is 5.20. The molecule has 0 N–H and O–H groups in total. The van der Waals surface area contributed by atoms with Crippen LogP contribution >= 0.6 is 0 Å². The van der Waals surface area contributed by atoms with Crippen LogP contribution in [0.2, 0.25) is 0 Å². The van der Waals surface area contributed by atoms with Gasteiger partial charge < -0.3 is 4.74 Å². The second kappa shape index (κ2) is 2.44. The molecule has 1 radical (unpaired) electrons. The molecule has 0 bridgehead atoms. The smallest absolute Gasteiger partial charge is 0.198 e. The van der Waals surface area contributed by atoms with Gasteiger partial charge >= 0.3 is 0 Å². The van der Waals surface area contributed by atoms with Crippen LogP contribution in [0, 0.1) is 13.3 Å². The maximum absolute atomic E-state index is 4.90. The van der Waals surface area contributed by atoms with Crippen molar-refractivity contribution in [1.82, 2.24) is 9.97 Å². The fourth-order valence-electron chi connectivity index (χ4n) is 0.540. The van der Waals surface area contributed by atoms with Crippen molar-refractivity contribution >= 4 is 0 Å². The molecule has 1 aromatic heterocycles. The maximum Gasteiger partial charge on any atom is 0.198 e. The second-order valence-electron chi connectivity index (χ2n) is 1.62. The molecular formula is C6H7N2O. The van der Waals surface area contributed by atoms with Gasteiger partial charge in [-0.25, -0.2) is 9.97 Å².